The average Bonchev–Trinajstić information content (AvgIpc) is 3.21. The van der Waals surface area contributed by atoms with E-state index in [2.05, 4.69) is 46.7 Å². The molecular formula is C19H18N4O. The van der Waals surface area contributed by atoms with Crippen LogP contribution in [-0.4, -0.2) is 20.7 Å². The molecule has 0 bridgehead atoms. The molecule has 0 spiro atoms. The zero-order valence-electron chi connectivity index (χ0n) is 13.4. The van der Waals surface area contributed by atoms with E-state index < -0.39 is 0 Å². The molecule has 1 aliphatic rings. The number of carbonyl (C=O) groups is 1. The van der Waals surface area contributed by atoms with Gasteiger partial charge in [0, 0.05) is 11.6 Å². The van der Waals surface area contributed by atoms with Crippen LogP contribution < -0.4 is 5.32 Å². The van der Waals surface area contributed by atoms with E-state index in [-0.39, 0.29) is 11.8 Å². The molecule has 5 heteroatoms. The maximum Gasteiger partial charge on any atom is 0.228 e. The average molecular weight is 318 g/mol. The molecule has 1 saturated carbocycles. The molecule has 1 aromatic heterocycles. The van der Waals surface area contributed by atoms with E-state index in [9.17, 15) is 4.79 Å². The van der Waals surface area contributed by atoms with Crippen LogP contribution in [0.4, 0.5) is 5.69 Å². The van der Waals surface area contributed by atoms with Crippen LogP contribution in [0.5, 0.6) is 0 Å². The SMILES string of the molecule is Cc1cccc(C2CC2C(=O)Nc2cccc(-n3cnnc3)c2)c1. The molecule has 0 saturated heterocycles. The zero-order valence-corrected chi connectivity index (χ0v) is 13.4. The minimum Gasteiger partial charge on any atom is -0.326 e. The molecule has 120 valence electrons. The first-order valence-corrected chi connectivity index (χ1v) is 8.03. The summed E-state index contributed by atoms with van der Waals surface area (Å²) in [5.41, 5.74) is 4.21. The number of anilines is 1. The van der Waals surface area contributed by atoms with Gasteiger partial charge in [-0.3, -0.25) is 9.36 Å². The number of nitrogens with one attached hydrogen (secondary N) is 1. The second-order valence-electron chi connectivity index (χ2n) is 6.27. The minimum absolute atomic E-state index is 0.0605. The Morgan fingerprint density at radius 1 is 1.12 bits per heavy atom. The molecule has 2 aromatic carbocycles. The first kappa shape index (κ1) is 14.6. The molecule has 0 aliphatic heterocycles. The van der Waals surface area contributed by atoms with Gasteiger partial charge in [0.1, 0.15) is 12.7 Å². The van der Waals surface area contributed by atoms with E-state index in [1.165, 1.54) is 11.1 Å². The molecule has 1 amide bonds. The first-order chi connectivity index (χ1) is 11.7. The van der Waals surface area contributed by atoms with Crippen molar-refractivity contribution in [3.8, 4) is 5.69 Å². The van der Waals surface area contributed by atoms with E-state index in [0.29, 0.717) is 5.92 Å². The molecular weight excluding hydrogens is 300 g/mol. The van der Waals surface area contributed by atoms with Crippen molar-refractivity contribution < 1.29 is 4.79 Å². The van der Waals surface area contributed by atoms with Gasteiger partial charge in [-0.1, -0.05) is 35.9 Å². The Labute approximate surface area is 140 Å². The first-order valence-electron chi connectivity index (χ1n) is 8.03. The maximum atomic E-state index is 12.5. The van der Waals surface area contributed by atoms with Crippen molar-refractivity contribution in [3.63, 3.8) is 0 Å². The van der Waals surface area contributed by atoms with Crippen LogP contribution >= 0.6 is 0 Å². The maximum absolute atomic E-state index is 12.5. The van der Waals surface area contributed by atoms with Gasteiger partial charge in [-0.25, -0.2) is 0 Å². The fourth-order valence-electron chi connectivity index (χ4n) is 3.07. The summed E-state index contributed by atoms with van der Waals surface area (Å²) in [6.07, 6.45) is 4.19. The Kier molecular flexibility index (Phi) is 3.61. The predicted molar refractivity (Wildman–Crippen MR) is 92.0 cm³/mol. The highest BCUT2D eigenvalue weighted by Crippen LogP contribution is 2.48. The standard InChI is InChI=1S/C19H18N4O/c1-13-4-2-5-14(8-13)17-10-18(17)19(24)22-15-6-3-7-16(9-15)23-11-20-21-12-23/h2-9,11-12,17-18H,10H2,1H3,(H,22,24). The zero-order chi connectivity index (χ0) is 16.5. The molecule has 24 heavy (non-hydrogen) atoms. The number of rotatable bonds is 4. The van der Waals surface area contributed by atoms with Gasteiger partial charge in [0.05, 0.1) is 5.69 Å². The van der Waals surface area contributed by atoms with E-state index in [1.807, 2.05) is 28.8 Å². The topological polar surface area (TPSA) is 59.8 Å². The lowest BCUT2D eigenvalue weighted by Gasteiger charge is -2.08. The number of benzene rings is 2. The predicted octanol–water partition coefficient (Wildman–Crippen LogP) is 3.32. The van der Waals surface area contributed by atoms with Crippen LogP contribution in [0, 0.1) is 12.8 Å². The number of nitrogens with zero attached hydrogens (tertiary/aromatic N) is 3. The van der Waals surface area contributed by atoms with Crippen LogP contribution in [0.1, 0.15) is 23.5 Å². The highest BCUT2D eigenvalue weighted by atomic mass is 16.2. The van der Waals surface area contributed by atoms with E-state index >= 15 is 0 Å². The summed E-state index contributed by atoms with van der Waals surface area (Å²) in [6, 6.07) is 16.1. The summed E-state index contributed by atoms with van der Waals surface area (Å²) in [6.45, 7) is 2.08. The Balaban J connectivity index is 1.45. The van der Waals surface area contributed by atoms with Gasteiger partial charge in [-0.15, -0.1) is 10.2 Å². The van der Waals surface area contributed by atoms with Gasteiger partial charge < -0.3 is 5.32 Å². The fraction of sp³-hybridized carbons (Fsp3) is 0.211. The molecule has 1 aliphatic carbocycles. The fourth-order valence-corrected chi connectivity index (χ4v) is 3.07. The van der Waals surface area contributed by atoms with Gasteiger partial charge in [0.15, 0.2) is 0 Å². The molecule has 1 fully saturated rings. The summed E-state index contributed by atoms with van der Waals surface area (Å²) >= 11 is 0. The number of aromatic nitrogens is 3. The summed E-state index contributed by atoms with van der Waals surface area (Å²) < 4.78 is 1.81. The number of aryl methyl sites for hydroxylation is 1. The monoisotopic (exact) mass is 318 g/mol. The van der Waals surface area contributed by atoms with Crippen molar-refractivity contribution in [3.05, 3.63) is 72.3 Å². The summed E-state index contributed by atoms with van der Waals surface area (Å²) in [4.78, 5) is 12.5. The molecule has 3 aromatic rings. The van der Waals surface area contributed by atoms with Crippen LogP contribution in [0.3, 0.4) is 0 Å². The second kappa shape index (κ2) is 5.92. The Morgan fingerprint density at radius 3 is 2.71 bits per heavy atom. The molecule has 4 rings (SSSR count). The quantitative estimate of drug-likeness (QED) is 0.803. The molecule has 1 heterocycles. The van der Waals surface area contributed by atoms with Crippen LogP contribution in [0.2, 0.25) is 0 Å². The molecule has 1 N–H and O–H groups in total. The minimum atomic E-state index is 0.0605. The summed E-state index contributed by atoms with van der Waals surface area (Å²) in [5.74, 6) is 0.485. The third-order valence-electron chi connectivity index (χ3n) is 4.43. The smallest absolute Gasteiger partial charge is 0.228 e. The molecule has 5 nitrogen and oxygen atoms in total. The van der Waals surface area contributed by atoms with E-state index in [1.54, 1.807) is 12.7 Å². The van der Waals surface area contributed by atoms with Gasteiger partial charge in [0.25, 0.3) is 0 Å². The molecule has 2 atom stereocenters. The van der Waals surface area contributed by atoms with Crippen LogP contribution in [0.15, 0.2) is 61.2 Å². The second-order valence-corrected chi connectivity index (χ2v) is 6.27. The van der Waals surface area contributed by atoms with Gasteiger partial charge >= 0.3 is 0 Å². The van der Waals surface area contributed by atoms with Crippen molar-refractivity contribution in [2.45, 2.75) is 19.3 Å². The van der Waals surface area contributed by atoms with Crippen molar-refractivity contribution in [2.24, 2.45) is 5.92 Å². The van der Waals surface area contributed by atoms with Gasteiger partial charge in [0.2, 0.25) is 5.91 Å². The van der Waals surface area contributed by atoms with Gasteiger partial charge in [-0.2, -0.15) is 0 Å². The lowest BCUT2D eigenvalue weighted by atomic mass is 10.1. The summed E-state index contributed by atoms with van der Waals surface area (Å²) in [7, 11) is 0. The van der Waals surface area contributed by atoms with E-state index in [4.69, 9.17) is 0 Å². The third-order valence-corrected chi connectivity index (χ3v) is 4.43. The van der Waals surface area contributed by atoms with Crippen LogP contribution in [0.25, 0.3) is 5.69 Å². The Hall–Kier alpha value is -2.95. The molecule has 2 unspecified atom stereocenters. The summed E-state index contributed by atoms with van der Waals surface area (Å²) in [5, 5.41) is 10.6. The van der Waals surface area contributed by atoms with Crippen molar-refractivity contribution in [1.82, 2.24) is 14.8 Å². The number of amides is 1. The highest BCUT2D eigenvalue weighted by Gasteiger charge is 2.43. The van der Waals surface area contributed by atoms with Crippen molar-refractivity contribution >= 4 is 11.6 Å². The number of carbonyl (C=O) groups excluding carboxylic acids is 1. The van der Waals surface area contributed by atoms with Gasteiger partial charge in [-0.05, 0) is 43.0 Å². The lowest BCUT2D eigenvalue weighted by molar-refractivity contribution is -0.117. The Bertz CT molecular complexity index is 873. The third kappa shape index (κ3) is 2.93. The number of hydrogen-bond acceptors (Lipinski definition) is 3. The van der Waals surface area contributed by atoms with Crippen molar-refractivity contribution in [2.75, 3.05) is 5.32 Å². The lowest BCUT2D eigenvalue weighted by Crippen LogP contribution is -2.14. The molecule has 0 radical (unpaired) electrons. The van der Waals surface area contributed by atoms with Crippen molar-refractivity contribution in [1.29, 1.82) is 0 Å². The Morgan fingerprint density at radius 2 is 1.92 bits per heavy atom. The normalized spacial score (nSPS) is 19.0. The largest absolute Gasteiger partial charge is 0.326 e. The van der Waals surface area contributed by atoms with Crippen LogP contribution in [-0.2, 0) is 4.79 Å². The highest BCUT2D eigenvalue weighted by molar-refractivity contribution is 5.95. The number of hydrogen-bond donors (Lipinski definition) is 1. The van der Waals surface area contributed by atoms with E-state index in [0.717, 1.165) is 17.8 Å².